The molecule has 102 valence electrons. The summed E-state index contributed by atoms with van der Waals surface area (Å²) in [6.07, 6.45) is 3.00. The van der Waals surface area contributed by atoms with Gasteiger partial charge in [0, 0.05) is 23.6 Å². The van der Waals surface area contributed by atoms with Crippen LogP contribution in [0.4, 0.5) is 0 Å². The van der Waals surface area contributed by atoms with Crippen molar-refractivity contribution < 1.29 is 9.59 Å². The Morgan fingerprint density at radius 3 is 2.63 bits per heavy atom. The quantitative estimate of drug-likeness (QED) is 0.793. The molecule has 0 radical (unpaired) electrons. The first-order valence-electron chi connectivity index (χ1n) is 6.72. The van der Waals surface area contributed by atoms with Crippen LogP contribution in [0.25, 0.3) is 0 Å². The molecule has 3 nitrogen and oxygen atoms in total. The maximum Gasteiger partial charge on any atom is 0.223 e. The van der Waals surface area contributed by atoms with Crippen molar-refractivity contribution in [1.82, 2.24) is 4.90 Å². The monoisotopic (exact) mass is 279 g/mol. The molecule has 4 heteroatoms. The van der Waals surface area contributed by atoms with E-state index in [2.05, 4.69) is 0 Å². The van der Waals surface area contributed by atoms with Crippen molar-refractivity contribution in [3.8, 4) is 0 Å². The summed E-state index contributed by atoms with van der Waals surface area (Å²) in [5, 5.41) is 0.613. The van der Waals surface area contributed by atoms with E-state index >= 15 is 0 Å². The smallest absolute Gasteiger partial charge is 0.223 e. The van der Waals surface area contributed by atoms with E-state index in [-0.39, 0.29) is 17.7 Å². The minimum Gasteiger partial charge on any atom is -0.332 e. The van der Waals surface area contributed by atoms with Gasteiger partial charge in [-0.2, -0.15) is 0 Å². The maximum atomic E-state index is 12.4. The van der Waals surface area contributed by atoms with Crippen LogP contribution in [0.5, 0.6) is 0 Å². The third-order valence-corrected chi connectivity index (χ3v) is 3.72. The van der Waals surface area contributed by atoms with Crippen molar-refractivity contribution in [2.75, 3.05) is 6.54 Å². The average Bonchev–Trinajstić information content (AvgIpc) is 2.88. The van der Waals surface area contributed by atoms with Crippen molar-refractivity contribution in [3.05, 3.63) is 34.9 Å². The Labute approximate surface area is 118 Å². The van der Waals surface area contributed by atoms with Gasteiger partial charge in [-0.3, -0.25) is 9.59 Å². The number of halogens is 1. The van der Waals surface area contributed by atoms with Crippen LogP contribution in [0.2, 0.25) is 5.02 Å². The minimum absolute atomic E-state index is 0.0265. The number of carbonyl (C=O) groups excluding carboxylic acids is 2. The second-order valence-corrected chi connectivity index (χ2v) is 5.30. The highest BCUT2D eigenvalue weighted by Gasteiger charge is 2.33. The van der Waals surface area contributed by atoms with E-state index in [1.165, 1.54) is 0 Å². The zero-order valence-electron chi connectivity index (χ0n) is 11.1. The molecule has 0 spiro atoms. The summed E-state index contributed by atoms with van der Waals surface area (Å²) >= 11 is 5.82. The van der Waals surface area contributed by atoms with Crippen molar-refractivity contribution in [1.29, 1.82) is 0 Å². The molecule has 1 saturated heterocycles. The first-order chi connectivity index (χ1) is 9.13. The molecule has 1 amide bonds. The maximum absolute atomic E-state index is 12.4. The predicted octanol–water partition coefficient (Wildman–Crippen LogP) is 3.31. The van der Waals surface area contributed by atoms with Gasteiger partial charge in [0.15, 0.2) is 5.78 Å². The molecule has 0 bridgehead atoms. The van der Waals surface area contributed by atoms with Crippen LogP contribution >= 0.6 is 11.6 Å². The van der Waals surface area contributed by atoms with Gasteiger partial charge in [-0.25, -0.2) is 0 Å². The van der Waals surface area contributed by atoms with E-state index in [9.17, 15) is 9.59 Å². The Morgan fingerprint density at radius 2 is 2.00 bits per heavy atom. The van der Waals surface area contributed by atoms with E-state index in [0.717, 1.165) is 19.3 Å². The number of benzene rings is 1. The first-order valence-corrected chi connectivity index (χ1v) is 7.10. The standard InChI is InChI=1S/C15H18ClNO2/c1-2-4-14(18)17-10-3-5-13(17)15(19)11-6-8-12(16)9-7-11/h6-9,13H,2-5,10H2,1H3. The Bertz CT molecular complexity index is 470. The van der Waals surface area contributed by atoms with E-state index < -0.39 is 0 Å². The zero-order valence-corrected chi connectivity index (χ0v) is 11.8. The lowest BCUT2D eigenvalue weighted by Crippen LogP contribution is -2.40. The lowest BCUT2D eigenvalue weighted by atomic mass is 10.0. The largest absolute Gasteiger partial charge is 0.332 e. The number of amides is 1. The lowest BCUT2D eigenvalue weighted by molar-refractivity contribution is -0.131. The van der Waals surface area contributed by atoms with E-state index in [0.29, 0.717) is 23.6 Å². The summed E-state index contributed by atoms with van der Waals surface area (Å²) in [4.78, 5) is 26.2. The number of hydrogen-bond acceptors (Lipinski definition) is 2. The van der Waals surface area contributed by atoms with Gasteiger partial charge in [0.25, 0.3) is 0 Å². The normalized spacial score (nSPS) is 18.6. The van der Waals surface area contributed by atoms with E-state index in [1.807, 2.05) is 6.92 Å². The number of hydrogen-bond donors (Lipinski definition) is 0. The highest BCUT2D eigenvalue weighted by atomic mass is 35.5. The van der Waals surface area contributed by atoms with Crippen LogP contribution in [0.15, 0.2) is 24.3 Å². The number of rotatable bonds is 4. The molecule has 1 aromatic carbocycles. The minimum atomic E-state index is -0.291. The van der Waals surface area contributed by atoms with Gasteiger partial charge in [-0.15, -0.1) is 0 Å². The van der Waals surface area contributed by atoms with Crippen LogP contribution in [0.3, 0.4) is 0 Å². The summed E-state index contributed by atoms with van der Waals surface area (Å²) < 4.78 is 0. The predicted molar refractivity (Wildman–Crippen MR) is 75.4 cm³/mol. The molecule has 1 fully saturated rings. The highest BCUT2D eigenvalue weighted by Crippen LogP contribution is 2.23. The summed E-state index contributed by atoms with van der Waals surface area (Å²) in [5.41, 5.74) is 0.630. The van der Waals surface area contributed by atoms with Crippen LogP contribution in [0.1, 0.15) is 43.0 Å². The molecule has 19 heavy (non-hydrogen) atoms. The molecule has 0 aliphatic carbocycles. The van der Waals surface area contributed by atoms with Crippen molar-refractivity contribution in [3.63, 3.8) is 0 Å². The Balaban J connectivity index is 2.13. The van der Waals surface area contributed by atoms with Crippen LogP contribution in [-0.4, -0.2) is 29.2 Å². The second kappa shape index (κ2) is 6.20. The molecular weight excluding hydrogens is 262 g/mol. The fourth-order valence-electron chi connectivity index (χ4n) is 2.50. The van der Waals surface area contributed by atoms with Crippen LogP contribution in [0, 0.1) is 0 Å². The lowest BCUT2D eigenvalue weighted by Gasteiger charge is -2.23. The van der Waals surface area contributed by atoms with Crippen molar-refractivity contribution in [2.24, 2.45) is 0 Å². The van der Waals surface area contributed by atoms with Gasteiger partial charge in [-0.1, -0.05) is 18.5 Å². The SMILES string of the molecule is CCCC(=O)N1CCCC1C(=O)c1ccc(Cl)cc1. The molecule has 1 atom stereocenters. The van der Waals surface area contributed by atoms with Gasteiger partial charge in [-0.05, 0) is 43.5 Å². The summed E-state index contributed by atoms with van der Waals surface area (Å²) in [6, 6.07) is 6.58. The molecule has 0 aromatic heterocycles. The van der Waals surface area contributed by atoms with E-state index in [4.69, 9.17) is 11.6 Å². The molecule has 1 aliphatic heterocycles. The molecule has 1 aromatic rings. The number of nitrogens with zero attached hydrogens (tertiary/aromatic N) is 1. The Morgan fingerprint density at radius 1 is 1.32 bits per heavy atom. The summed E-state index contributed by atoms with van der Waals surface area (Å²) in [5.74, 6) is 0.117. The fraction of sp³-hybridized carbons (Fsp3) is 0.467. The fourth-order valence-corrected chi connectivity index (χ4v) is 2.63. The van der Waals surface area contributed by atoms with Gasteiger partial charge >= 0.3 is 0 Å². The molecule has 0 saturated carbocycles. The van der Waals surface area contributed by atoms with Gasteiger partial charge in [0.05, 0.1) is 6.04 Å². The third kappa shape index (κ3) is 3.16. The second-order valence-electron chi connectivity index (χ2n) is 4.87. The molecule has 0 N–H and O–H groups in total. The Hall–Kier alpha value is -1.35. The number of carbonyl (C=O) groups is 2. The van der Waals surface area contributed by atoms with Gasteiger partial charge < -0.3 is 4.90 Å². The number of ketones is 1. The highest BCUT2D eigenvalue weighted by molar-refractivity contribution is 6.30. The van der Waals surface area contributed by atoms with Gasteiger partial charge in [0.2, 0.25) is 5.91 Å². The molecule has 2 rings (SSSR count). The topological polar surface area (TPSA) is 37.4 Å². The van der Waals surface area contributed by atoms with Gasteiger partial charge in [0.1, 0.15) is 0 Å². The number of Topliss-reactive ketones (excluding diaryl/α,β-unsaturated/α-hetero) is 1. The summed E-state index contributed by atoms with van der Waals surface area (Å²) in [7, 11) is 0. The third-order valence-electron chi connectivity index (χ3n) is 3.47. The molecule has 1 heterocycles. The average molecular weight is 280 g/mol. The zero-order chi connectivity index (χ0) is 13.8. The van der Waals surface area contributed by atoms with Crippen molar-refractivity contribution >= 4 is 23.3 Å². The van der Waals surface area contributed by atoms with E-state index in [1.54, 1.807) is 29.2 Å². The molecule has 1 aliphatic rings. The molecule has 1 unspecified atom stereocenters. The van der Waals surface area contributed by atoms with Crippen LogP contribution in [-0.2, 0) is 4.79 Å². The van der Waals surface area contributed by atoms with Crippen molar-refractivity contribution in [2.45, 2.75) is 38.6 Å². The first kappa shape index (κ1) is 14.1. The number of likely N-dealkylation sites (tertiary alicyclic amines) is 1. The summed E-state index contributed by atoms with van der Waals surface area (Å²) in [6.45, 7) is 2.67. The Kier molecular flexibility index (Phi) is 4.59. The van der Waals surface area contributed by atoms with Crippen LogP contribution < -0.4 is 0 Å². The molecular formula is C15H18ClNO2.